The Morgan fingerprint density at radius 3 is 2.87 bits per heavy atom. The lowest BCUT2D eigenvalue weighted by atomic mass is 9.65. The van der Waals surface area contributed by atoms with Crippen molar-refractivity contribution in [1.29, 1.82) is 5.26 Å². The maximum absolute atomic E-state index is 12.9. The summed E-state index contributed by atoms with van der Waals surface area (Å²) in [5.74, 6) is 0.115. The van der Waals surface area contributed by atoms with E-state index in [0.29, 0.717) is 18.8 Å². The first-order chi connectivity index (χ1) is 14.6. The molecule has 1 amide bonds. The summed E-state index contributed by atoms with van der Waals surface area (Å²) in [7, 11) is 1.69. The maximum atomic E-state index is 12.9. The third-order valence-corrected chi connectivity index (χ3v) is 6.04. The van der Waals surface area contributed by atoms with Crippen LogP contribution in [0, 0.1) is 16.9 Å². The topological polar surface area (TPSA) is 121 Å². The van der Waals surface area contributed by atoms with Gasteiger partial charge in [0.15, 0.2) is 6.19 Å². The van der Waals surface area contributed by atoms with E-state index in [9.17, 15) is 4.79 Å². The molecule has 2 heterocycles. The summed E-state index contributed by atoms with van der Waals surface area (Å²) in [6.07, 6.45) is 8.04. The second-order valence-electron chi connectivity index (χ2n) is 8.00. The van der Waals surface area contributed by atoms with Crippen LogP contribution in [0.1, 0.15) is 35.4 Å². The fourth-order valence-electron chi connectivity index (χ4n) is 4.47. The van der Waals surface area contributed by atoms with Gasteiger partial charge in [-0.3, -0.25) is 9.79 Å². The van der Waals surface area contributed by atoms with E-state index in [0.717, 1.165) is 36.0 Å². The van der Waals surface area contributed by atoms with Crippen molar-refractivity contribution in [3.63, 3.8) is 0 Å². The molecule has 0 atom stereocenters. The Morgan fingerprint density at radius 2 is 2.20 bits per heavy atom. The fourth-order valence-corrected chi connectivity index (χ4v) is 4.47. The summed E-state index contributed by atoms with van der Waals surface area (Å²) in [4.78, 5) is 18.7. The summed E-state index contributed by atoms with van der Waals surface area (Å²) in [6.45, 7) is 1.41. The van der Waals surface area contributed by atoms with Crippen molar-refractivity contribution in [2.75, 3.05) is 20.1 Å². The largest absolute Gasteiger partial charge is 0.404 e. The number of benzene rings is 1. The minimum absolute atomic E-state index is 0.133. The van der Waals surface area contributed by atoms with Gasteiger partial charge in [0, 0.05) is 55.8 Å². The summed E-state index contributed by atoms with van der Waals surface area (Å²) in [6, 6.07) is 9.61. The minimum atomic E-state index is -0.133. The molecule has 0 unspecified atom stereocenters. The highest BCUT2D eigenvalue weighted by Gasteiger charge is 2.49. The summed E-state index contributed by atoms with van der Waals surface area (Å²) < 4.78 is 5.36. The van der Waals surface area contributed by atoms with Gasteiger partial charge in [0.1, 0.15) is 5.69 Å². The van der Waals surface area contributed by atoms with Crippen molar-refractivity contribution < 1.29 is 9.32 Å². The van der Waals surface area contributed by atoms with Gasteiger partial charge in [0.2, 0.25) is 5.76 Å². The minimum Gasteiger partial charge on any atom is -0.404 e. The predicted octanol–water partition coefficient (Wildman–Crippen LogP) is 2.41. The van der Waals surface area contributed by atoms with Gasteiger partial charge < -0.3 is 20.5 Å². The van der Waals surface area contributed by atoms with Crippen LogP contribution in [-0.4, -0.2) is 48.4 Å². The molecule has 1 aliphatic heterocycles. The highest BCUT2D eigenvalue weighted by atomic mass is 16.5. The van der Waals surface area contributed by atoms with Crippen molar-refractivity contribution >= 4 is 17.7 Å². The van der Waals surface area contributed by atoms with Crippen LogP contribution < -0.4 is 11.1 Å². The third-order valence-electron chi connectivity index (χ3n) is 6.04. The van der Waals surface area contributed by atoms with Gasteiger partial charge in [-0.2, -0.15) is 5.26 Å². The number of hydrogen-bond donors (Lipinski definition) is 2. The molecular weight excluding hydrogens is 380 g/mol. The zero-order valence-corrected chi connectivity index (χ0v) is 16.8. The van der Waals surface area contributed by atoms with Gasteiger partial charge >= 0.3 is 0 Å². The van der Waals surface area contributed by atoms with E-state index in [2.05, 4.69) is 15.5 Å². The first-order valence-corrected chi connectivity index (χ1v) is 9.93. The Morgan fingerprint density at radius 1 is 1.43 bits per heavy atom. The van der Waals surface area contributed by atoms with Crippen molar-refractivity contribution in [2.45, 2.75) is 25.3 Å². The second kappa shape index (κ2) is 8.03. The molecule has 4 rings (SSSR count). The molecule has 3 N–H and O–H groups in total. The van der Waals surface area contributed by atoms with Crippen LogP contribution in [0.2, 0.25) is 0 Å². The molecule has 2 aromatic rings. The molecule has 1 saturated carbocycles. The Kier molecular flexibility index (Phi) is 5.27. The van der Waals surface area contributed by atoms with E-state index >= 15 is 0 Å². The van der Waals surface area contributed by atoms with Crippen molar-refractivity contribution in [3.8, 4) is 17.5 Å². The zero-order valence-electron chi connectivity index (χ0n) is 16.8. The molecule has 1 aliphatic carbocycles. The Labute approximate surface area is 175 Å². The highest BCUT2D eigenvalue weighted by Crippen LogP contribution is 2.48. The van der Waals surface area contributed by atoms with E-state index in [-0.39, 0.29) is 23.1 Å². The normalized spacial score (nSPS) is 23.5. The molecular formula is C22H24N6O2. The lowest BCUT2D eigenvalue weighted by Gasteiger charge is -2.44. The van der Waals surface area contributed by atoms with Crippen LogP contribution in [0.3, 0.4) is 0 Å². The number of carbonyl (C=O) groups is 1. The lowest BCUT2D eigenvalue weighted by Crippen LogP contribution is -2.49. The van der Waals surface area contributed by atoms with Crippen molar-refractivity contribution in [1.82, 2.24) is 15.4 Å². The predicted molar refractivity (Wildman–Crippen MR) is 113 cm³/mol. The fraction of sp³-hybridized carbons (Fsp3) is 0.364. The average molecular weight is 404 g/mol. The monoisotopic (exact) mass is 404 g/mol. The number of hydrogen-bond acceptors (Lipinski definition) is 7. The van der Waals surface area contributed by atoms with Crippen LogP contribution in [0.15, 0.2) is 46.0 Å². The van der Waals surface area contributed by atoms with Crippen LogP contribution in [0.25, 0.3) is 16.8 Å². The van der Waals surface area contributed by atoms with Crippen LogP contribution in [-0.2, 0) is 0 Å². The second-order valence-corrected chi connectivity index (χ2v) is 8.00. The molecule has 1 saturated heterocycles. The highest BCUT2D eigenvalue weighted by molar-refractivity contribution is 6.09. The van der Waals surface area contributed by atoms with Crippen LogP contribution in [0.4, 0.5) is 0 Å². The van der Waals surface area contributed by atoms with E-state index in [1.54, 1.807) is 19.3 Å². The number of rotatable bonds is 5. The molecule has 2 fully saturated rings. The molecule has 0 bridgehead atoms. The van der Waals surface area contributed by atoms with E-state index in [1.807, 2.05) is 35.4 Å². The molecule has 1 aromatic carbocycles. The number of nitrogens with zero attached hydrogens (tertiary/aromatic N) is 4. The van der Waals surface area contributed by atoms with Gasteiger partial charge in [-0.05, 0) is 30.2 Å². The van der Waals surface area contributed by atoms with E-state index in [1.165, 1.54) is 6.20 Å². The number of carbonyl (C=O) groups excluding carboxylic acids is 1. The number of nitrogens with one attached hydrogen (secondary N) is 1. The SMILES string of the molecule is CN=CC(=CN)c1ccc(-c2cc(C(=O)N3CCC4(CC(NC#N)C4)C3)on2)cc1. The Bertz CT molecular complexity index is 1020. The summed E-state index contributed by atoms with van der Waals surface area (Å²) in [5, 5.41) is 15.6. The third kappa shape index (κ3) is 3.66. The number of amides is 1. The van der Waals surface area contributed by atoms with Gasteiger partial charge in [-0.25, -0.2) is 0 Å². The van der Waals surface area contributed by atoms with E-state index < -0.39 is 0 Å². The number of nitrogens with two attached hydrogens (primary N) is 1. The first kappa shape index (κ1) is 19.7. The standard InChI is InChI=1S/C22H24N6O2/c1-25-12-17(11-23)15-2-4-16(5-3-15)19-8-20(30-27-19)21(29)28-7-6-22(13-28)9-18(10-22)26-14-24/h2-5,8,11-12,18,26H,6-7,9-10,13,23H2,1H3. The van der Waals surface area contributed by atoms with Crippen LogP contribution >= 0.6 is 0 Å². The Balaban J connectivity index is 1.42. The molecule has 154 valence electrons. The molecule has 2 aliphatic rings. The lowest BCUT2D eigenvalue weighted by molar-refractivity contribution is 0.0646. The number of nitriles is 1. The Hall–Kier alpha value is -3.60. The number of allylic oxidation sites excluding steroid dienone is 1. The summed E-state index contributed by atoms with van der Waals surface area (Å²) in [5.41, 5.74) is 9.03. The summed E-state index contributed by atoms with van der Waals surface area (Å²) >= 11 is 0. The van der Waals surface area contributed by atoms with Gasteiger partial charge in [-0.15, -0.1) is 0 Å². The maximum Gasteiger partial charge on any atom is 0.292 e. The molecule has 1 spiro atoms. The van der Waals surface area contributed by atoms with Crippen molar-refractivity contribution in [3.05, 3.63) is 47.9 Å². The molecule has 8 heteroatoms. The van der Waals surface area contributed by atoms with Gasteiger partial charge in [0.05, 0.1) is 0 Å². The number of aromatic nitrogens is 1. The smallest absolute Gasteiger partial charge is 0.292 e. The number of likely N-dealkylation sites (tertiary alicyclic amines) is 1. The molecule has 0 radical (unpaired) electrons. The molecule has 8 nitrogen and oxygen atoms in total. The van der Waals surface area contributed by atoms with Crippen LogP contribution in [0.5, 0.6) is 0 Å². The molecule has 1 aromatic heterocycles. The zero-order chi connectivity index (χ0) is 21.1. The van der Waals surface area contributed by atoms with Gasteiger partial charge in [-0.1, -0.05) is 29.4 Å². The van der Waals surface area contributed by atoms with E-state index in [4.69, 9.17) is 15.5 Å². The quantitative estimate of drug-likeness (QED) is 0.448. The average Bonchev–Trinajstić information content (AvgIpc) is 3.40. The first-order valence-electron chi connectivity index (χ1n) is 9.93. The van der Waals surface area contributed by atoms with Gasteiger partial charge in [0.25, 0.3) is 5.91 Å². The molecule has 30 heavy (non-hydrogen) atoms. The number of aliphatic imine (C=N–C) groups is 1. The van der Waals surface area contributed by atoms with Crippen molar-refractivity contribution in [2.24, 2.45) is 16.1 Å².